The molecule has 3 rings (SSSR count). The predicted octanol–water partition coefficient (Wildman–Crippen LogP) is 0.349. The Morgan fingerprint density at radius 3 is 2.44 bits per heavy atom. The molecule has 0 aromatic rings. The molecule has 3 fully saturated rings. The first-order valence-corrected chi connectivity index (χ1v) is 6.23. The number of nitrogens with zero attached hydrogens (tertiary/aromatic N) is 1. The van der Waals surface area contributed by atoms with E-state index in [0.717, 1.165) is 32.5 Å². The average Bonchev–Trinajstić information content (AvgIpc) is 2.34. The van der Waals surface area contributed by atoms with E-state index in [-0.39, 0.29) is 12.6 Å². The number of piperidine rings is 3. The van der Waals surface area contributed by atoms with Crippen LogP contribution in [-0.4, -0.2) is 55.7 Å². The maximum Gasteiger partial charge on any atom is 0.405 e. The van der Waals surface area contributed by atoms with Crippen LogP contribution in [0.5, 0.6) is 0 Å². The summed E-state index contributed by atoms with van der Waals surface area (Å²) in [7, 11) is 0. The zero-order chi connectivity index (χ0) is 13.2. The van der Waals surface area contributed by atoms with Crippen LogP contribution in [0.3, 0.4) is 0 Å². The lowest BCUT2D eigenvalue weighted by molar-refractivity contribution is -0.138. The molecule has 2 N–H and O–H groups in total. The highest BCUT2D eigenvalue weighted by molar-refractivity contribution is 5.78. The first-order valence-electron chi connectivity index (χ1n) is 6.23. The molecule has 1 unspecified atom stereocenters. The Morgan fingerprint density at radius 2 is 1.94 bits per heavy atom. The lowest BCUT2D eigenvalue weighted by Gasteiger charge is -2.45. The van der Waals surface area contributed by atoms with Gasteiger partial charge in [0, 0.05) is 12.6 Å². The number of nitrogens with one attached hydrogen (secondary N) is 2. The molecule has 0 aromatic heterocycles. The number of amides is 1. The molecule has 2 bridgehead atoms. The Bertz CT molecular complexity index is 300. The molecule has 0 saturated carbocycles. The summed E-state index contributed by atoms with van der Waals surface area (Å²) in [5.74, 6) is -0.0332. The molecule has 3 aliphatic heterocycles. The number of carbonyl (C=O) groups is 1. The van der Waals surface area contributed by atoms with Crippen molar-refractivity contribution in [3.05, 3.63) is 0 Å². The van der Waals surface area contributed by atoms with E-state index >= 15 is 0 Å². The second-order valence-electron chi connectivity index (χ2n) is 5.02. The van der Waals surface area contributed by atoms with Crippen LogP contribution in [0, 0.1) is 5.92 Å². The minimum atomic E-state index is -4.34. The summed E-state index contributed by atoms with van der Waals surface area (Å²) in [5, 5.41) is 4.93. The Labute approximate surface area is 104 Å². The molecule has 0 spiro atoms. The molecule has 1 atom stereocenters. The maximum atomic E-state index is 11.9. The van der Waals surface area contributed by atoms with Gasteiger partial charge < -0.3 is 15.5 Å². The summed E-state index contributed by atoms with van der Waals surface area (Å²) in [6.07, 6.45) is -2.12. The third-order valence-corrected chi connectivity index (χ3v) is 3.67. The van der Waals surface area contributed by atoms with Gasteiger partial charge in [-0.25, -0.2) is 0 Å². The Balaban J connectivity index is 1.67. The zero-order valence-corrected chi connectivity index (χ0v) is 10.1. The highest BCUT2D eigenvalue weighted by Crippen LogP contribution is 2.27. The van der Waals surface area contributed by atoms with Gasteiger partial charge in [0.05, 0.1) is 6.54 Å². The third-order valence-electron chi connectivity index (χ3n) is 3.67. The van der Waals surface area contributed by atoms with Gasteiger partial charge in [-0.2, -0.15) is 13.2 Å². The molecule has 4 nitrogen and oxygen atoms in total. The van der Waals surface area contributed by atoms with Gasteiger partial charge in [-0.15, -0.1) is 0 Å². The van der Waals surface area contributed by atoms with Crippen LogP contribution in [0.25, 0.3) is 0 Å². The van der Waals surface area contributed by atoms with E-state index in [1.54, 1.807) is 0 Å². The molecule has 3 heterocycles. The van der Waals surface area contributed by atoms with Gasteiger partial charge in [-0.1, -0.05) is 0 Å². The second kappa shape index (κ2) is 5.44. The van der Waals surface area contributed by atoms with E-state index in [1.807, 2.05) is 5.32 Å². The largest absolute Gasteiger partial charge is 0.405 e. The predicted molar refractivity (Wildman–Crippen MR) is 60.0 cm³/mol. The van der Waals surface area contributed by atoms with Crippen molar-refractivity contribution < 1.29 is 18.0 Å². The van der Waals surface area contributed by atoms with E-state index in [0.29, 0.717) is 5.92 Å². The normalized spacial score (nSPS) is 31.4. The number of rotatable bonds is 4. The van der Waals surface area contributed by atoms with Crippen molar-refractivity contribution in [1.29, 1.82) is 0 Å². The van der Waals surface area contributed by atoms with Gasteiger partial charge in [0.25, 0.3) is 0 Å². The lowest BCUT2D eigenvalue weighted by atomic mass is 9.84. The van der Waals surface area contributed by atoms with Gasteiger partial charge in [-0.05, 0) is 31.8 Å². The number of carbonyl (C=O) groups excluding carboxylic acids is 1. The van der Waals surface area contributed by atoms with Gasteiger partial charge in [0.15, 0.2) is 0 Å². The van der Waals surface area contributed by atoms with E-state index in [9.17, 15) is 18.0 Å². The quantitative estimate of drug-likeness (QED) is 0.771. The summed E-state index contributed by atoms with van der Waals surface area (Å²) < 4.78 is 35.7. The zero-order valence-electron chi connectivity index (χ0n) is 10.1. The molecule has 3 aliphatic rings. The average molecular weight is 265 g/mol. The maximum absolute atomic E-state index is 11.9. The van der Waals surface area contributed by atoms with E-state index in [4.69, 9.17) is 0 Å². The van der Waals surface area contributed by atoms with Crippen molar-refractivity contribution in [2.45, 2.75) is 25.1 Å². The minimum absolute atomic E-state index is 0.0366. The van der Waals surface area contributed by atoms with Crippen LogP contribution >= 0.6 is 0 Å². The van der Waals surface area contributed by atoms with Crippen molar-refractivity contribution in [2.75, 3.05) is 32.7 Å². The number of alkyl halides is 3. The lowest BCUT2D eigenvalue weighted by Crippen LogP contribution is -2.57. The van der Waals surface area contributed by atoms with Gasteiger partial charge in [0.1, 0.15) is 6.54 Å². The van der Waals surface area contributed by atoms with E-state index in [2.05, 4.69) is 10.2 Å². The van der Waals surface area contributed by atoms with E-state index < -0.39 is 18.6 Å². The van der Waals surface area contributed by atoms with Crippen molar-refractivity contribution in [3.8, 4) is 0 Å². The number of halogens is 3. The summed E-state index contributed by atoms with van der Waals surface area (Å²) >= 11 is 0. The molecule has 0 aliphatic carbocycles. The smallest absolute Gasteiger partial charge is 0.346 e. The fourth-order valence-electron chi connectivity index (χ4n) is 2.68. The van der Waals surface area contributed by atoms with Crippen LogP contribution in [0.1, 0.15) is 12.8 Å². The van der Waals surface area contributed by atoms with Crippen molar-refractivity contribution in [3.63, 3.8) is 0 Å². The highest BCUT2D eigenvalue weighted by atomic mass is 19.4. The molecular formula is C11H18F3N3O. The van der Waals surface area contributed by atoms with Crippen LogP contribution in [-0.2, 0) is 4.79 Å². The molecule has 0 aromatic carbocycles. The molecule has 0 radical (unpaired) electrons. The molecule has 7 heteroatoms. The van der Waals surface area contributed by atoms with Crippen LogP contribution < -0.4 is 10.6 Å². The summed E-state index contributed by atoms with van der Waals surface area (Å²) in [5.41, 5.74) is 0. The highest BCUT2D eigenvalue weighted by Gasteiger charge is 2.34. The van der Waals surface area contributed by atoms with Gasteiger partial charge in [0.2, 0.25) is 5.91 Å². The monoisotopic (exact) mass is 265 g/mol. The SMILES string of the molecule is O=C(CNC1CN2CCC1CC2)NCC(F)(F)F. The molecule has 18 heavy (non-hydrogen) atoms. The third kappa shape index (κ3) is 3.84. The molecule has 104 valence electrons. The molecular weight excluding hydrogens is 247 g/mol. The minimum Gasteiger partial charge on any atom is -0.346 e. The van der Waals surface area contributed by atoms with E-state index in [1.165, 1.54) is 0 Å². The van der Waals surface area contributed by atoms with Crippen LogP contribution in [0.2, 0.25) is 0 Å². The summed E-state index contributed by atoms with van der Waals surface area (Å²) in [4.78, 5) is 13.6. The topological polar surface area (TPSA) is 44.4 Å². The first kappa shape index (κ1) is 13.6. The number of hydrogen-bond acceptors (Lipinski definition) is 3. The van der Waals surface area contributed by atoms with Crippen molar-refractivity contribution in [1.82, 2.24) is 15.5 Å². The number of fused-ring (bicyclic) bond motifs is 3. The van der Waals surface area contributed by atoms with Gasteiger partial charge in [-0.3, -0.25) is 4.79 Å². The molecule has 1 amide bonds. The summed E-state index contributed by atoms with van der Waals surface area (Å²) in [6, 6.07) is 0.240. The molecule has 3 saturated heterocycles. The van der Waals surface area contributed by atoms with Crippen LogP contribution in [0.15, 0.2) is 0 Å². The Morgan fingerprint density at radius 1 is 1.28 bits per heavy atom. The fraction of sp³-hybridized carbons (Fsp3) is 0.909. The Kier molecular flexibility index (Phi) is 4.11. The van der Waals surface area contributed by atoms with Crippen molar-refractivity contribution in [2.24, 2.45) is 5.92 Å². The number of hydrogen-bond donors (Lipinski definition) is 2. The Hall–Kier alpha value is -0.820. The standard InChI is InChI=1S/C11H18F3N3O/c12-11(13,14)7-16-10(18)5-15-9-6-17-3-1-8(9)2-4-17/h8-9,15H,1-7H2,(H,16,18). The second-order valence-corrected chi connectivity index (χ2v) is 5.02. The van der Waals surface area contributed by atoms with Crippen molar-refractivity contribution >= 4 is 5.91 Å². The summed E-state index contributed by atoms with van der Waals surface area (Å²) in [6.45, 7) is 1.81. The first-order chi connectivity index (χ1) is 8.44. The fourth-order valence-corrected chi connectivity index (χ4v) is 2.68. The van der Waals surface area contributed by atoms with Crippen LogP contribution in [0.4, 0.5) is 13.2 Å². The van der Waals surface area contributed by atoms with Gasteiger partial charge >= 0.3 is 6.18 Å².